The minimum atomic E-state index is 1.21. The van der Waals surface area contributed by atoms with E-state index in [0.717, 1.165) is 0 Å². The van der Waals surface area contributed by atoms with Gasteiger partial charge in [-0.1, -0.05) is 6.07 Å². The van der Waals surface area contributed by atoms with Gasteiger partial charge in [0, 0.05) is 4.90 Å². The Hall–Kier alpha value is -0.430. The second kappa shape index (κ2) is 2.92. The fraction of sp³-hybridized carbons (Fsp3) is 0.250. The first kappa shape index (κ1) is 6.69. The summed E-state index contributed by atoms with van der Waals surface area (Å²) in [5.41, 5.74) is 1.21. The molecule has 47 valence electrons. The maximum absolute atomic E-state index is 3.09. The number of hydrogen-bond acceptors (Lipinski definition) is 1. The van der Waals surface area contributed by atoms with E-state index in [4.69, 9.17) is 0 Å². The lowest BCUT2D eigenvalue weighted by Crippen LogP contribution is -1.71. The summed E-state index contributed by atoms with van der Waals surface area (Å²) >= 11 is 1.76. The third kappa shape index (κ3) is 1.75. The SMILES string of the molecule is CSc1cc[c]c(C)c1. The van der Waals surface area contributed by atoms with Crippen molar-refractivity contribution in [3.63, 3.8) is 0 Å². The van der Waals surface area contributed by atoms with E-state index in [2.05, 4.69) is 31.4 Å². The molecule has 0 atom stereocenters. The van der Waals surface area contributed by atoms with Gasteiger partial charge in [-0.05, 0) is 36.9 Å². The summed E-state index contributed by atoms with van der Waals surface area (Å²) in [5.74, 6) is 0. The highest BCUT2D eigenvalue weighted by Gasteiger charge is 1.86. The molecule has 0 bridgehead atoms. The van der Waals surface area contributed by atoms with Gasteiger partial charge in [0.15, 0.2) is 0 Å². The van der Waals surface area contributed by atoms with Gasteiger partial charge in [-0.2, -0.15) is 0 Å². The van der Waals surface area contributed by atoms with Crippen LogP contribution in [0.5, 0.6) is 0 Å². The maximum Gasteiger partial charge on any atom is 0.00721 e. The molecule has 0 aliphatic carbocycles. The Balaban J connectivity index is 2.94. The largest absolute Gasteiger partial charge is 0.130 e. The molecule has 0 N–H and O–H groups in total. The molecule has 1 aromatic rings. The van der Waals surface area contributed by atoms with Crippen molar-refractivity contribution in [2.24, 2.45) is 0 Å². The van der Waals surface area contributed by atoms with Crippen LogP contribution in [0.3, 0.4) is 0 Å². The zero-order chi connectivity index (χ0) is 6.69. The molecule has 9 heavy (non-hydrogen) atoms. The predicted octanol–water partition coefficient (Wildman–Crippen LogP) is 2.52. The highest BCUT2D eigenvalue weighted by molar-refractivity contribution is 7.98. The van der Waals surface area contributed by atoms with Gasteiger partial charge < -0.3 is 0 Å². The summed E-state index contributed by atoms with van der Waals surface area (Å²) in [7, 11) is 0. The molecule has 0 nitrogen and oxygen atoms in total. The zero-order valence-electron chi connectivity index (χ0n) is 5.64. The number of hydrogen-bond donors (Lipinski definition) is 0. The van der Waals surface area contributed by atoms with Crippen LogP contribution in [0.1, 0.15) is 5.56 Å². The molecular weight excluding hydrogens is 128 g/mol. The Morgan fingerprint density at radius 2 is 2.33 bits per heavy atom. The lowest BCUT2D eigenvalue weighted by Gasteiger charge is -1.94. The van der Waals surface area contributed by atoms with E-state index < -0.39 is 0 Å². The van der Waals surface area contributed by atoms with Crippen molar-refractivity contribution in [1.82, 2.24) is 0 Å². The van der Waals surface area contributed by atoms with E-state index in [1.54, 1.807) is 11.8 Å². The lowest BCUT2D eigenvalue weighted by atomic mass is 10.2. The monoisotopic (exact) mass is 137 g/mol. The number of rotatable bonds is 1. The fourth-order valence-corrected chi connectivity index (χ4v) is 1.18. The zero-order valence-corrected chi connectivity index (χ0v) is 6.46. The predicted molar refractivity (Wildman–Crippen MR) is 41.8 cm³/mol. The van der Waals surface area contributed by atoms with E-state index in [0.29, 0.717) is 0 Å². The van der Waals surface area contributed by atoms with E-state index in [9.17, 15) is 0 Å². The fourth-order valence-electron chi connectivity index (χ4n) is 0.685. The molecule has 0 spiro atoms. The first-order valence-corrected chi connectivity index (χ1v) is 4.08. The average Bonchev–Trinajstić information content (AvgIpc) is 1.88. The third-order valence-corrected chi connectivity index (χ3v) is 1.88. The number of benzene rings is 1. The third-order valence-electron chi connectivity index (χ3n) is 1.15. The highest BCUT2D eigenvalue weighted by atomic mass is 32.2. The van der Waals surface area contributed by atoms with Gasteiger partial charge in [-0.25, -0.2) is 0 Å². The van der Waals surface area contributed by atoms with E-state index in [1.165, 1.54) is 10.5 Å². The van der Waals surface area contributed by atoms with Gasteiger partial charge in [0.1, 0.15) is 0 Å². The van der Waals surface area contributed by atoms with Crippen LogP contribution in [0.25, 0.3) is 0 Å². The topological polar surface area (TPSA) is 0 Å². The van der Waals surface area contributed by atoms with Crippen molar-refractivity contribution in [3.05, 3.63) is 29.8 Å². The average molecular weight is 137 g/mol. The van der Waals surface area contributed by atoms with Crippen LogP contribution in [0, 0.1) is 13.0 Å². The minimum Gasteiger partial charge on any atom is -0.130 e. The summed E-state index contributed by atoms with van der Waals surface area (Å²) in [6.07, 6.45) is 2.08. The van der Waals surface area contributed by atoms with E-state index in [1.807, 2.05) is 6.07 Å². The minimum absolute atomic E-state index is 1.21. The molecule has 1 aromatic carbocycles. The Kier molecular flexibility index (Phi) is 2.17. The van der Waals surface area contributed by atoms with Gasteiger partial charge in [-0.3, -0.25) is 0 Å². The molecule has 0 aliphatic heterocycles. The molecule has 0 saturated carbocycles. The highest BCUT2D eigenvalue weighted by Crippen LogP contribution is 2.14. The Morgan fingerprint density at radius 1 is 1.56 bits per heavy atom. The van der Waals surface area contributed by atoms with Crippen LogP contribution in [-0.4, -0.2) is 6.26 Å². The molecule has 0 amide bonds. The Bertz CT molecular complexity index is 194. The van der Waals surface area contributed by atoms with Gasteiger partial charge in [0.2, 0.25) is 0 Å². The molecule has 0 aromatic heterocycles. The quantitative estimate of drug-likeness (QED) is 0.536. The summed E-state index contributed by atoms with van der Waals surface area (Å²) in [5, 5.41) is 0. The van der Waals surface area contributed by atoms with Crippen LogP contribution in [-0.2, 0) is 0 Å². The van der Waals surface area contributed by atoms with Gasteiger partial charge in [-0.15, -0.1) is 11.8 Å². The second-order valence-corrected chi connectivity index (χ2v) is 2.79. The smallest absolute Gasteiger partial charge is 0.00721 e. The summed E-state index contributed by atoms with van der Waals surface area (Å²) in [6.45, 7) is 2.06. The molecule has 0 aliphatic rings. The van der Waals surface area contributed by atoms with Gasteiger partial charge in [0.25, 0.3) is 0 Å². The van der Waals surface area contributed by atoms with E-state index >= 15 is 0 Å². The van der Waals surface area contributed by atoms with Crippen molar-refractivity contribution < 1.29 is 0 Å². The van der Waals surface area contributed by atoms with Crippen LogP contribution >= 0.6 is 11.8 Å². The molecule has 0 fully saturated rings. The van der Waals surface area contributed by atoms with E-state index in [-0.39, 0.29) is 0 Å². The van der Waals surface area contributed by atoms with Gasteiger partial charge >= 0.3 is 0 Å². The molecular formula is C8H9S. The van der Waals surface area contributed by atoms with Crippen LogP contribution < -0.4 is 0 Å². The number of thioether (sulfide) groups is 1. The summed E-state index contributed by atoms with van der Waals surface area (Å²) in [4.78, 5) is 1.31. The summed E-state index contributed by atoms with van der Waals surface area (Å²) < 4.78 is 0. The van der Waals surface area contributed by atoms with Crippen molar-refractivity contribution in [3.8, 4) is 0 Å². The van der Waals surface area contributed by atoms with Crippen LogP contribution in [0.4, 0.5) is 0 Å². The Labute approximate surface area is 60.3 Å². The normalized spacial score (nSPS) is 9.56. The first-order valence-electron chi connectivity index (χ1n) is 2.85. The maximum atomic E-state index is 3.09. The lowest BCUT2D eigenvalue weighted by molar-refractivity contribution is 1.36. The standard InChI is InChI=1S/C8H9S/c1-7-4-3-5-8(6-7)9-2/h3,5-6H,1-2H3. The van der Waals surface area contributed by atoms with Gasteiger partial charge in [0.05, 0.1) is 0 Å². The van der Waals surface area contributed by atoms with Crippen molar-refractivity contribution in [2.45, 2.75) is 11.8 Å². The van der Waals surface area contributed by atoms with Crippen LogP contribution in [0.15, 0.2) is 23.1 Å². The second-order valence-electron chi connectivity index (χ2n) is 1.91. The molecule has 0 saturated heterocycles. The number of aryl methyl sites for hydroxylation is 1. The van der Waals surface area contributed by atoms with Crippen LogP contribution in [0.2, 0.25) is 0 Å². The molecule has 1 rings (SSSR count). The molecule has 1 radical (unpaired) electrons. The van der Waals surface area contributed by atoms with Crippen molar-refractivity contribution >= 4 is 11.8 Å². The first-order chi connectivity index (χ1) is 4.33. The summed E-state index contributed by atoms with van der Waals surface area (Å²) in [6, 6.07) is 9.25. The van der Waals surface area contributed by atoms with Crippen molar-refractivity contribution in [2.75, 3.05) is 6.26 Å². The molecule has 0 unspecified atom stereocenters. The Morgan fingerprint density at radius 3 is 2.78 bits per heavy atom. The molecule has 1 heteroatoms. The molecule has 0 heterocycles. The van der Waals surface area contributed by atoms with Crippen molar-refractivity contribution in [1.29, 1.82) is 0 Å².